The topological polar surface area (TPSA) is 58.5 Å². The lowest BCUT2D eigenvalue weighted by Gasteiger charge is -2.06. The molecule has 1 N–H and O–H groups in total. The highest BCUT2D eigenvalue weighted by molar-refractivity contribution is 7.80. The average molecular weight is 210 g/mol. The van der Waals surface area contributed by atoms with Crippen LogP contribution in [0, 0.1) is 4.91 Å². The van der Waals surface area contributed by atoms with E-state index in [-0.39, 0.29) is 5.75 Å². The number of thiol groups is 1. The number of nitrogens with one attached hydrogen (secondary N) is 1. The van der Waals surface area contributed by atoms with Gasteiger partial charge in [0.1, 0.15) is 0 Å². The minimum absolute atomic E-state index is 0.113. The molecule has 74 valence electrons. The maximum atomic E-state index is 11.3. The van der Waals surface area contributed by atoms with Gasteiger partial charge in [0.15, 0.2) is 6.04 Å². The summed E-state index contributed by atoms with van der Waals surface area (Å²) in [5.74, 6) is -0.316. The third-order valence-electron chi connectivity index (χ3n) is 1.64. The second-order valence-electron chi connectivity index (χ2n) is 2.66. The first-order chi connectivity index (χ1) is 6.77. The second-order valence-corrected chi connectivity index (χ2v) is 3.02. The Morgan fingerprint density at radius 1 is 1.43 bits per heavy atom. The molecule has 1 aromatic rings. The van der Waals surface area contributed by atoms with Gasteiger partial charge in [0.2, 0.25) is 0 Å². The smallest absolute Gasteiger partial charge is 0.253 e. The predicted molar refractivity (Wildman–Crippen MR) is 58.5 cm³/mol. The molecular weight excluding hydrogens is 200 g/mol. The number of carbonyl (C=O) groups is 1. The fraction of sp³-hybridized carbons (Fsp3) is 0.222. The number of rotatable bonds is 4. The molecule has 1 atom stereocenters. The van der Waals surface area contributed by atoms with E-state index in [0.29, 0.717) is 5.69 Å². The van der Waals surface area contributed by atoms with Gasteiger partial charge in [-0.2, -0.15) is 12.6 Å². The van der Waals surface area contributed by atoms with E-state index in [0.717, 1.165) is 0 Å². The SMILES string of the molecule is O=N[C@@H](CS)C(=O)Nc1ccccc1. The third kappa shape index (κ3) is 2.85. The molecule has 4 nitrogen and oxygen atoms in total. The second kappa shape index (κ2) is 5.39. The molecule has 0 heterocycles. The minimum Gasteiger partial charge on any atom is -0.324 e. The first-order valence-electron chi connectivity index (χ1n) is 4.07. The zero-order valence-corrected chi connectivity index (χ0v) is 8.28. The summed E-state index contributed by atoms with van der Waals surface area (Å²) in [6.45, 7) is 0. The fourth-order valence-electron chi connectivity index (χ4n) is 0.911. The number of amides is 1. The molecule has 0 spiro atoms. The number of nitrogens with zero attached hydrogens (tertiary/aromatic N) is 1. The van der Waals surface area contributed by atoms with Crippen LogP contribution in [0.25, 0.3) is 0 Å². The number of hydrogen-bond donors (Lipinski definition) is 2. The molecule has 0 aliphatic heterocycles. The van der Waals surface area contributed by atoms with Crippen molar-refractivity contribution < 1.29 is 4.79 Å². The van der Waals surface area contributed by atoms with Crippen LogP contribution in [-0.2, 0) is 4.79 Å². The van der Waals surface area contributed by atoms with Gasteiger partial charge in [-0.15, -0.1) is 4.91 Å². The number of para-hydroxylation sites is 1. The zero-order valence-electron chi connectivity index (χ0n) is 7.38. The summed E-state index contributed by atoms with van der Waals surface area (Å²) < 4.78 is 0. The molecule has 1 rings (SSSR count). The molecule has 0 bridgehead atoms. The molecular formula is C9H10N2O2S. The predicted octanol–water partition coefficient (Wildman–Crippen LogP) is 1.69. The van der Waals surface area contributed by atoms with Crippen molar-refractivity contribution >= 4 is 24.2 Å². The van der Waals surface area contributed by atoms with Crippen LogP contribution in [0.4, 0.5) is 5.69 Å². The summed E-state index contributed by atoms with van der Waals surface area (Å²) in [6, 6.07) is 7.96. The van der Waals surface area contributed by atoms with E-state index in [9.17, 15) is 9.70 Å². The van der Waals surface area contributed by atoms with E-state index in [2.05, 4.69) is 23.1 Å². The number of benzene rings is 1. The van der Waals surface area contributed by atoms with Crippen LogP contribution in [-0.4, -0.2) is 17.7 Å². The minimum atomic E-state index is -0.932. The van der Waals surface area contributed by atoms with Crippen LogP contribution in [0.2, 0.25) is 0 Å². The summed E-state index contributed by atoms with van der Waals surface area (Å²) in [6.07, 6.45) is 0. The average Bonchev–Trinajstić information content (AvgIpc) is 2.21. The molecule has 0 saturated carbocycles. The zero-order chi connectivity index (χ0) is 10.4. The van der Waals surface area contributed by atoms with Gasteiger partial charge in [0, 0.05) is 11.4 Å². The Hall–Kier alpha value is -1.36. The van der Waals surface area contributed by atoms with Crippen LogP contribution in [0.5, 0.6) is 0 Å². The van der Waals surface area contributed by atoms with E-state index in [1.807, 2.05) is 6.07 Å². The van der Waals surface area contributed by atoms with Crippen LogP contribution >= 0.6 is 12.6 Å². The highest BCUT2D eigenvalue weighted by Gasteiger charge is 2.16. The lowest BCUT2D eigenvalue weighted by atomic mass is 10.3. The van der Waals surface area contributed by atoms with E-state index in [4.69, 9.17) is 0 Å². The summed E-state index contributed by atoms with van der Waals surface area (Å²) in [4.78, 5) is 21.5. The van der Waals surface area contributed by atoms with Crippen molar-refractivity contribution in [3.05, 3.63) is 35.2 Å². The van der Waals surface area contributed by atoms with Gasteiger partial charge >= 0.3 is 0 Å². The van der Waals surface area contributed by atoms with Crippen LogP contribution in [0.1, 0.15) is 0 Å². The Balaban J connectivity index is 2.61. The Morgan fingerprint density at radius 2 is 2.07 bits per heavy atom. The van der Waals surface area contributed by atoms with Crippen molar-refractivity contribution in [1.82, 2.24) is 0 Å². The largest absolute Gasteiger partial charge is 0.324 e. The fourth-order valence-corrected chi connectivity index (χ4v) is 1.14. The van der Waals surface area contributed by atoms with Gasteiger partial charge in [0.25, 0.3) is 5.91 Å². The van der Waals surface area contributed by atoms with Crippen molar-refractivity contribution in [1.29, 1.82) is 0 Å². The van der Waals surface area contributed by atoms with Gasteiger partial charge in [-0.3, -0.25) is 4.79 Å². The van der Waals surface area contributed by atoms with Gasteiger partial charge in [0.05, 0.1) is 0 Å². The maximum Gasteiger partial charge on any atom is 0.253 e. The van der Waals surface area contributed by atoms with Crippen molar-refractivity contribution in [2.24, 2.45) is 5.18 Å². The van der Waals surface area contributed by atoms with Crippen LogP contribution in [0.15, 0.2) is 35.5 Å². The van der Waals surface area contributed by atoms with Crippen molar-refractivity contribution in [2.75, 3.05) is 11.1 Å². The van der Waals surface area contributed by atoms with Gasteiger partial charge in [-0.25, -0.2) is 0 Å². The number of nitroso groups, excluding NO2 is 1. The van der Waals surface area contributed by atoms with Crippen molar-refractivity contribution in [2.45, 2.75) is 6.04 Å². The Bertz CT molecular complexity index is 316. The highest BCUT2D eigenvalue weighted by atomic mass is 32.1. The lowest BCUT2D eigenvalue weighted by Crippen LogP contribution is -2.27. The molecule has 14 heavy (non-hydrogen) atoms. The Labute approximate surface area is 87.1 Å². The quantitative estimate of drug-likeness (QED) is 0.587. The van der Waals surface area contributed by atoms with Gasteiger partial charge < -0.3 is 5.32 Å². The summed E-state index contributed by atoms with van der Waals surface area (Å²) >= 11 is 3.85. The molecule has 0 saturated heterocycles. The number of anilines is 1. The number of carbonyl (C=O) groups excluding carboxylic acids is 1. The molecule has 1 aromatic carbocycles. The molecule has 0 aromatic heterocycles. The molecule has 0 aliphatic carbocycles. The maximum absolute atomic E-state index is 11.3. The van der Waals surface area contributed by atoms with E-state index >= 15 is 0 Å². The molecule has 0 fully saturated rings. The van der Waals surface area contributed by atoms with Crippen molar-refractivity contribution in [3.63, 3.8) is 0 Å². The highest BCUT2D eigenvalue weighted by Crippen LogP contribution is 2.06. The normalized spacial score (nSPS) is 11.8. The molecule has 5 heteroatoms. The van der Waals surface area contributed by atoms with Crippen LogP contribution in [0.3, 0.4) is 0 Å². The first-order valence-corrected chi connectivity index (χ1v) is 4.70. The van der Waals surface area contributed by atoms with E-state index in [1.54, 1.807) is 24.3 Å². The molecule has 1 amide bonds. The van der Waals surface area contributed by atoms with Crippen molar-refractivity contribution in [3.8, 4) is 0 Å². The van der Waals surface area contributed by atoms with E-state index in [1.165, 1.54) is 0 Å². The Morgan fingerprint density at radius 3 is 2.57 bits per heavy atom. The van der Waals surface area contributed by atoms with E-state index < -0.39 is 11.9 Å². The molecule has 0 radical (unpaired) electrons. The summed E-state index contributed by atoms with van der Waals surface area (Å²) in [7, 11) is 0. The van der Waals surface area contributed by atoms with Gasteiger partial charge in [-0.1, -0.05) is 23.4 Å². The first kappa shape index (κ1) is 10.7. The standard InChI is InChI=1S/C9H10N2O2S/c12-9(8(6-14)11-13)10-7-4-2-1-3-5-7/h1-5,8,14H,6H2,(H,10,12)/t8-/m0/s1. The van der Waals surface area contributed by atoms with Crippen LogP contribution < -0.4 is 5.32 Å². The third-order valence-corrected chi connectivity index (χ3v) is 1.99. The summed E-state index contributed by atoms with van der Waals surface area (Å²) in [5, 5.41) is 5.23. The number of hydrogen-bond acceptors (Lipinski definition) is 4. The monoisotopic (exact) mass is 210 g/mol. The Kier molecular flexibility index (Phi) is 4.12. The van der Waals surface area contributed by atoms with Gasteiger partial charge in [-0.05, 0) is 12.1 Å². The molecule has 0 unspecified atom stereocenters. The molecule has 0 aliphatic rings. The summed E-state index contributed by atoms with van der Waals surface area (Å²) in [5.41, 5.74) is 0.646. The lowest BCUT2D eigenvalue weighted by molar-refractivity contribution is -0.116.